The van der Waals surface area contributed by atoms with Gasteiger partial charge in [0.25, 0.3) is 5.91 Å². The monoisotopic (exact) mass is 360 g/mol. The number of nitrogens with zero attached hydrogens (tertiary/aromatic N) is 2. The standard InChI is InChI=1S/C22H20N2O3/c1-24(2)22(26)21(18-8-4-3-5-9-18)27-19(25)14-13-17-11-6-10-16-12-7-15-23-20(16)17/h3-15,21H,1-2H3. The molecule has 0 aliphatic rings. The van der Waals surface area contributed by atoms with E-state index < -0.39 is 12.1 Å². The lowest BCUT2D eigenvalue weighted by atomic mass is 10.1. The van der Waals surface area contributed by atoms with E-state index in [1.807, 2.05) is 36.4 Å². The second-order valence-electron chi connectivity index (χ2n) is 6.22. The minimum atomic E-state index is -0.982. The molecule has 0 N–H and O–H groups in total. The first-order valence-electron chi connectivity index (χ1n) is 8.55. The highest BCUT2D eigenvalue weighted by Gasteiger charge is 2.25. The van der Waals surface area contributed by atoms with Gasteiger partial charge >= 0.3 is 5.97 Å². The predicted molar refractivity (Wildman–Crippen MR) is 105 cm³/mol. The topological polar surface area (TPSA) is 59.5 Å². The second kappa shape index (κ2) is 8.27. The maximum atomic E-state index is 12.4. The molecule has 0 saturated carbocycles. The first kappa shape index (κ1) is 18.3. The number of ether oxygens (including phenoxy) is 1. The summed E-state index contributed by atoms with van der Waals surface area (Å²) in [5.41, 5.74) is 2.23. The Morgan fingerprint density at radius 3 is 2.48 bits per heavy atom. The van der Waals surface area contributed by atoms with Crippen molar-refractivity contribution in [3.8, 4) is 0 Å². The number of carbonyl (C=O) groups excluding carboxylic acids is 2. The average molecular weight is 360 g/mol. The molecule has 2 aromatic carbocycles. The minimum Gasteiger partial charge on any atom is -0.444 e. The van der Waals surface area contributed by atoms with Gasteiger partial charge in [-0.25, -0.2) is 4.79 Å². The van der Waals surface area contributed by atoms with E-state index in [1.54, 1.807) is 50.6 Å². The summed E-state index contributed by atoms with van der Waals surface area (Å²) in [6, 6.07) is 18.5. The number of fused-ring (bicyclic) bond motifs is 1. The van der Waals surface area contributed by atoms with Gasteiger partial charge in [0.15, 0.2) is 0 Å². The third kappa shape index (κ3) is 4.39. The van der Waals surface area contributed by atoms with Gasteiger partial charge in [-0.05, 0) is 12.1 Å². The molecule has 1 atom stereocenters. The fraction of sp³-hybridized carbons (Fsp3) is 0.136. The Balaban J connectivity index is 1.81. The van der Waals surface area contributed by atoms with Gasteiger partial charge in [-0.15, -0.1) is 0 Å². The molecule has 1 heterocycles. The summed E-state index contributed by atoms with van der Waals surface area (Å²) in [7, 11) is 3.26. The molecule has 3 aromatic rings. The molecule has 27 heavy (non-hydrogen) atoms. The number of benzene rings is 2. The first-order chi connectivity index (χ1) is 13.1. The number of amides is 1. The van der Waals surface area contributed by atoms with Crippen LogP contribution in [0.25, 0.3) is 17.0 Å². The molecule has 0 aliphatic carbocycles. The molecule has 5 heteroatoms. The van der Waals surface area contributed by atoms with Crippen molar-refractivity contribution in [1.82, 2.24) is 9.88 Å². The highest BCUT2D eigenvalue weighted by Crippen LogP contribution is 2.21. The molecular formula is C22H20N2O3. The third-order valence-electron chi connectivity index (χ3n) is 4.06. The van der Waals surface area contributed by atoms with E-state index in [-0.39, 0.29) is 5.91 Å². The van der Waals surface area contributed by atoms with Crippen molar-refractivity contribution in [2.75, 3.05) is 14.1 Å². The number of rotatable bonds is 5. The van der Waals surface area contributed by atoms with Gasteiger partial charge in [-0.1, -0.05) is 54.6 Å². The minimum absolute atomic E-state index is 0.297. The SMILES string of the molecule is CN(C)C(=O)C(OC(=O)C=Cc1cccc2cccnc12)c1ccccc1. The zero-order chi connectivity index (χ0) is 19.2. The summed E-state index contributed by atoms with van der Waals surface area (Å²) in [5.74, 6) is -0.887. The van der Waals surface area contributed by atoms with Crippen LogP contribution in [-0.2, 0) is 14.3 Å². The molecule has 1 amide bonds. The van der Waals surface area contributed by atoms with Crippen LogP contribution in [0.2, 0.25) is 0 Å². The van der Waals surface area contributed by atoms with E-state index in [4.69, 9.17) is 4.74 Å². The number of para-hydroxylation sites is 1. The number of esters is 1. The summed E-state index contributed by atoms with van der Waals surface area (Å²) in [4.78, 5) is 30.6. The van der Waals surface area contributed by atoms with Crippen LogP contribution >= 0.6 is 0 Å². The van der Waals surface area contributed by atoms with Crippen LogP contribution in [0, 0.1) is 0 Å². The molecule has 0 saturated heterocycles. The number of hydrogen-bond donors (Lipinski definition) is 0. The fourth-order valence-corrected chi connectivity index (χ4v) is 2.70. The zero-order valence-electron chi connectivity index (χ0n) is 15.2. The van der Waals surface area contributed by atoms with E-state index in [9.17, 15) is 9.59 Å². The van der Waals surface area contributed by atoms with Crippen molar-refractivity contribution in [2.24, 2.45) is 0 Å². The maximum absolute atomic E-state index is 12.4. The van der Waals surface area contributed by atoms with Gasteiger partial charge in [0.2, 0.25) is 6.10 Å². The van der Waals surface area contributed by atoms with Gasteiger partial charge in [0.1, 0.15) is 0 Å². The van der Waals surface area contributed by atoms with Crippen LogP contribution in [0.1, 0.15) is 17.2 Å². The summed E-state index contributed by atoms with van der Waals surface area (Å²) >= 11 is 0. The second-order valence-corrected chi connectivity index (χ2v) is 6.22. The smallest absolute Gasteiger partial charge is 0.331 e. The van der Waals surface area contributed by atoms with Crippen molar-refractivity contribution < 1.29 is 14.3 Å². The van der Waals surface area contributed by atoms with Crippen molar-refractivity contribution >= 4 is 28.9 Å². The highest BCUT2D eigenvalue weighted by atomic mass is 16.5. The van der Waals surface area contributed by atoms with E-state index in [0.29, 0.717) is 5.56 Å². The summed E-state index contributed by atoms with van der Waals surface area (Å²) < 4.78 is 5.46. The van der Waals surface area contributed by atoms with Crippen molar-refractivity contribution in [3.63, 3.8) is 0 Å². The van der Waals surface area contributed by atoms with Crippen LogP contribution < -0.4 is 0 Å². The van der Waals surface area contributed by atoms with Crippen molar-refractivity contribution in [2.45, 2.75) is 6.10 Å². The fourth-order valence-electron chi connectivity index (χ4n) is 2.70. The first-order valence-corrected chi connectivity index (χ1v) is 8.55. The highest BCUT2D eigenvalue weighted by molar-refractivity contribution is 5.94. The summed E-state index contributed by atoms with van der Waals surface area (Å²) in [6.07, 6.45) is 3.70. The molecule has 5 nitrogen and oxygen atoms in total. The largest absolute Gasteiger partial charge is 0.444 e. The Kier molecular flexibility index (Phi) is 5.61. The van der Waals surface area contributed by atoms with Crippen LogP contribution in [0.5, 0.6) is 0 Å². The van der Waals surface area contributed by atoms with Crippen LogP contribution in [-0.4, -0.2) is 35.9 Å². The third-order valence-corrected chi connectivity index (χ3v) is 4.06. The lowest BCUT2D eigenvalue weighted by molar-refractivity contribution is -0.155. The molecule has 3 rings (SSSR count). The molecule has 0 radical (unpaired) electrons. The molecular weight excluding hydrogens is 340 g/mol. The Morgan fingerprint density at radius 1 is 1.00 bits per heavy atom. The summed E-state index contributed by atoms with van der Waals surface area (Å²) in [6.45, 7) is 0. The molecule has 1 aromatic heterocycles. The van der Waals surface area contributed by atoms with E-state index >= 15 is 0 Å². The van der Waals surface area contributed by atoms with Gasteiger partial charge in [0, 0.05) is 42.9 Å². The Morgan fingerprint density at radius 2 is 1.74 bits per heavy atom. The molecule has 0 fully saturated rings. The number of likely N-dealkylation sites (N-methyl/N-ethyl adjacent to an activating group) is 1. The lowest BCUT2D eigenvalue weighted by Crippen LogP contribution is -2.30. The average Bonchev–Trinajstić information content (AvgIpc) is 2.70. The normalized spacial score (nSPS) is 12.1. The van der Waals surface area contributed by atoms with Gasteiger partial charge in [-0.2, -0.15) is 0 Å². The molecule has 136 valence electrons. The number of carbonyl (C=O) groups is 2. The van der Waals surface area contributed by atoms with Crippen molar-refractivity contribution in [1.29, 1.82) is 0 Å². The number of hydrogen-bond acceptors (Lipinski definition) is 4. The molecule has 1 unspecified atom stereocenters. The predicted octanol–water partition coefficient (Wildman–Crippen LogP) is 3.62. The summed E-state index contributed by atoms with van der Waals surface area (Å²) in [5, 5.41) is 0.984. The lowest BCUT2D eigenvalue weighted by Gasteiger charge is -2.20. The molecule has 0 spiro atoms. The van der Waals surface area contributed by atoms with Crippen LogP contribution in [0.4, 0.5) is 0 Å². The molecule has 0 aliphatic heterocycles. The van der Waals surface area contributed by atoms with Crippen LogP contribution in [0.15, 0.2) is 72.9 Å². The van der Waals surface area contributed by atoms with E-state index in [2.05, 4.69) is 4.98 Å². The number of pyridine rings is 1. The zero-order valence-corrected chi connectivity index (χ0v) is 15.2. The van der Waals surface area contributed by atoms with E-state index in [0.717, 1.165) is 16.5 Å². The van der Waals surface area contributed by atoms with Gasteiger partial charge < -0.3 is 9.64 Å². The van der Waals surface area contributed by atoms with Crippen LogP contribution in [0.3, 0.4) is 0 Å². The van der Waals surface area contributed by atoms with Gasteiger partial charge in [-0.3, -0.25) is 9.78 Å². The molecule has 0 bridgehead atoms. The number of aromatic nitrogens is 1. The quantitative estimate of drug-likeness (QED) is 0.515. The van der Waals surface area contributed by atoms with Gasteiger partial charge in [0.05, 0.1) is 5.52 Å². The Bertz CT molecular complexity index is 976. The Hall–Kier alpha value is -3.47. The van der Waals surface area contributed by atoms with E-state index in [1.165, 1.54) is 11.0 Å². The van der Waals surface area contributed by atoms with Crippen molar-refractivity contribution in [3.05, 3.63) is 84.1 Å². The Labute approximate surface area is 157 Å². The maximum Gasteiger partial charge on any atom is 0.331 e.